The average molecular weight is 406 g/mol. The van der Waals surface area contributed by atoms with Crippen LogP contribution in [0.5, 0.6) is 0 Å². The number of benzene rings is 1. The van der Waals surface area contributed by atoms with E-state index in [0.717, 1.165) is 25.7 Å². The molecule has 29 heavy (non-hydrogen) atoms. The summed E-state index contributed by atoms with van der Waals surface area (Å²) in [5.41, 5.74) is 3.40. The number of carbonyl (C=O) groups is 3. The summed E-state index contributed by atoms with van der Waals surface area (Å²) in [4.78, 5) is 36.7. The third kappa shape index (κ3) is 5.51. The topological polar surface area (TPSA) is 102 Å². The number of nitrogens with zero attached hydrogens (tertiary/aromatic N) is 2. The minimum atomic E-state index is -0.720. The van der Waals surface area contributed by atoms with Gasteiger partial charge in [-0.2, -0.15) is 0 Å². The minimum Gasteiger partial charge on any atom is -0.324 e. The molecule has 1 aromatic carbocycles. The molecule has 0 spiro atoms. The van der Waals surface area contributed by atoms with Crippen molar-refractivity contribution in [1.82, 2.24) is 15.5 Å². The molecule has 1 saturated heterocycles. The van der Waals surface area contributed by atoms with Crippen molar-refractivity contribution in [1.29, 1.82) is 0 Å². The van der Waals surface area contributed by atoms with Crippen molar-refractivity contribution < 1.29 is 24.0 Å². The number of hydrogen-bond donors (Lipinski definition) is 3. The average Bonchev–Trinajstić information content (AvgIpc) is 3.40. The zero-order chi connectivity index (χ0) is 20.8. The Hall–Kier alpha value is -2.52. The van der Waals surface area contributed by atoms with E-state index in [0.29, 0.717) is 36.1 Å². The maximum atomic E-state index is 13.2. The monoisotopic (exact) mass is 406 g/mol. The lowest BCUT2D eigenvalue weighted by Gasteiger charge is -2.30. The highest BCUT2D eigenvalue weighted by molar-refractivity contribution is 5.97. The van der Waals surface area contributed by atoms with Crippen molar-refractivity contribution in [3.05, 3.63) is 30.1 Å². The molecular formula is C20H27FN4O4. The number of hydrazine groups is 1. The lowest BCUT2D eigenvalue weighted by molar-refractivity contribution is -0.159. The van der Waals surface area contributed by atoms with Gasteiger partial charge < -0.3 is 5.32 Å². The highest BCUT2D eigenvalue weighted by Gasteiger charge is 2.38. The van der Waals surface area contributed by atoms with E-state index in [4.69, 9.17) is 0 Å². The molecule has 158 valence electrons. The molecule has 3 rings (SSSR count). The van der Waals surface area contributed by atoms with Crippen LogP contribution >= 0.6 is 0 Å². The number of hydrogen-bond acceptors (Lipinski definition) is 5. The Balaban J connectivity index is 1.68. The predicted octanol–water partition coefficient (Wildman–Crippen LogP) is 1.91. The van der Waals surface area contributed by atoms with Crippen LogP contribution in [0.4, 0.5) is 10.1 Å². The molecule has 9 heteroatoms. The summed E-state index contributed by atoms with van der Waals surface area (Å²) < 4.78 is 13.1. The van der Waals surface area contributed by atoms with E-state index < -0.39 is 17.8 Å². The number of halogens is 1. The van der Waals surface area contributed by atoms with Crippen molar-refractivity contribution >= 4 is 23.9 Å². The molecule has 1 saturated carbocycles. The van der Waals surface area contributed by atoms with Crippen molar-refractivity contribution in [2.75, 3.05) is 18.4 Å². The van der Waals surface area contributed by atoms with E-state index in [-0.39, 0.29) is 24.8 Å². The van der Waals surface area contributed by atoms with Gasteiger partial charge >= 0.3 is 0 Å². The lowest BCUT2D eigenvalue weighted by Crippen LogP contribution is -2.51. The summed E-state index contributed by atoms with van der Waals surface area (Å²) in [6.45, 7) is 0.350. The fourth-order valence-corrected chi connectivity index (χ4v) is 4.17. The molecule has 8 nitrogen and oxygen atoms in total. The van der Waals surface area contributed by atoms with Crippen molar-refractivity contribution in [2.45, 2.75) is 44.6 Å². The number of hydroxylamine groups is 2. The van der Waals surface area contributed by atoms with E-state index in [9.17, 15) is 24.0 Å². The summed E-state index contributed by atoms with van der Waals surface area (Å²) in [5, 5.41) is 14.2. The highest BCUT2D eigenvalue weighted by Crippen LogP contribution is 2.31. The Morgan fingerprint density at radius 3 is 2.62 bits per heavy atom. The van der Waals surface area contributed by atoms with Crippen LogP contribution in [0.3, 0.4) is 0 Å². The summed E-state index contributed by atoms with van der Waals surface area (Å²) in [5.74, 6) is -1.31. The highest BCUT2D eigenvalue weighted by atomic mass is 19.1. The smallest absolute Gasteiger partial charge is 0.248 e. The molecule has 0 unspecified atom stereocenters. The van der Waals surface area contributed by atoms with Gasteiger partial charge in [-0.05, 0) is 43.0 Å². The molecule has 1 heterocycles. The normalized spacial score (nSPS) is 20.5. The van der Waals surface area contributed by atoms with Gasteiger partial charge in [-0.15, -0.1) is 0 Å². The SMILES string of the molecule is O=CN(O)C[C@@H](CC1CCCC1)C(=O)N1NCC[C@H]1C(=O)Nc1ccc(F)cc1. The Morgan fingerprint density at radius 1 is 1.28 bits per heavy atom. The standard InChI is InChI=1S/C20H27FN4O4/c21-16-5-7-17(8-6-16)23-19(27)18-9-10-22-25(18)20(28)15(12-24(29)13-26)11-14-3-1-2-4-14/h5-8,13-15,18,22,29H,1-4,9-12H2,(H,23,27)/t15-,18+/m1/s1. The first-order valence-corrected chi connectivity index (χ1v) is 10.0. The second kappa shape index (κ2) is 9.80. The van der Waals surface area contributed by atoms with Crippen LogP contribution in [0.2, 0.25) is 0 Å². The maximum Gasteiger partial charge on any atom is 0.248 e. The molecule has 3 N–H and O–H groups in total. The molecular weight excluding hydrogens is 379 g/mol. The van der Waals surface area contributed by atoms with Crippen LogP contribution < -0.4 is 10.7 Å². The van der Waals surface area contributed by atoms with Gasteiger partial charge in [0.25, 0.3) is 0 Å². The van der Waals surface area contributed by atoms with Crippen LogP contribution in [-0.2, 0) is 14.4 Å². The zero-order valence-corrected chi connectivity index (χ0v) is 16.2. The second-order valence-corrected chi connectivity index (χ2v) is 7.73. The number of nitrogens with one attached hydrogen (secondary N) is 2. The van der Waals surface area contributed by atoms with E-state index in [1.54, 1.807) is 0 Å². The molecule has 0 bridgehead atoms. The zero-order valence-electron chi connectivity index (χ0n) is 16.2. The molecule has 3 amide bonds. The van der Waals surface area contributed by atoms with Gasteiger partial charge in [-0.1, -0.05) is 25.7 Å². The first-order chi connectivity index (χ1) is 14.0. The van der Waals surface area contributed by atoms with E-state index in [1.807, 2.05) is 0 Å². The van der Waals surface area contributed by atoms with E-state index in [1.165, 1.54) is 29.3 Å². The van der Waals surface area contributed by atoms with Gasteiger partial charge in [0.05, 0.1) is 12.5 Å². The molecule has 2 fully saturated rings. The lowest BCUT2D eigenvalue weighted by atomic mass is 9.92. The summed E-state index contributed by atoms with van der Waals surface area (Å²) in [6, 6.07) is 4.69. The number of rotatable bonds is 8. The fraction of sp³-hybridized carbons (Fsp3) is 0.550. The van der Waals surface area contributed by atoms with Gasteiger partial charge in [0.2, 0.25) is 18.2 Å². The molecule has 1 aliphatic heterocycles. The van der Waals surface area contributed by atoms with Crippen molar-refractivity contribution in [2.24, 2.45) is 11.8 Å². The molecule has 2 aliphatic rings. The second-order valence-electron chi connectivity index (χ2n) is 7.73. The molecule has 0 aromatic heterocycles. The summed E-state index contributed by atoms with van der Waals surface area (Å²) in [6.07, 6.45) is 5.57. The Labute approximate surface area is 169 Å². The van der Waals surface area contributed by atoms with Gasteiger partial charge in [0, 0.05) is 12.2 Å². The van der Waals surface area contributed by atoms with E-state index in [2.05, 4.69) is 10.7 Å². The van der Waals surface area contributed by atoms with Crippen LogP contribution in [0.15, 0.2) is 24.3 Å². The third-order valence-corrected chi connectivity index (χ3v) is 5.63. The van der Waals surface area contributed by atoms with Gasteiger partial charge in [0.1, 0.15) is 11.9 Å². The first kappa shape index (κ1) is 21.2. The van der Waals surface area contributed by atoms with E-state index >= 15 is 0 Å². The van der Waals surface area contributed by atoms with Crippen LogP contribution in [-0.4, -0.2) is 52.6 Å². The molecule has 0 radical (unpaired) electrons. The number of amides is 3. The Bertz CT molecular complexity index is 724. The fourth-order valence-electron chi connectivity index (χ4n) is 4.17. The minimum absolute atomic E-state index is 0.108. The van der Waals surface area contributed by atoms with Crippen LogP contribution in [0, 0.1) is 17.7 Å². The largest absolute Gasteiger partial charge is 0.324 e. The maximum absolute atomic E-state index is 13.2. The number of anilines is 1. The summed E-state index contributed by atoms with van der Waals surface area (Å²) in [7, 11) is 0. The Kier molecular flexibility index (Phi) is 7.16. The van der Waals surface area contributed by atoms with Gasteiger partial charge in [0.15, 0.2) is 0 Å². The predicted molar refractivity (Wildman–Crippen MR) is 103 cm³/mol. The van der Waals surface area contributed by atoms with Gasteiger partial charge in [-0.25, -0.2) is 14.9 Å². The Morgan fingerprint density at radius 2 is 1.97 bits per heavy atom. The third-order valence-electron chi connectivity index (χ3n) is 5.63. The molecule has 1 aromatic rings. The number of carbonyl (C=O) groups excluding carboxylic acids is 3. The van der Waals surface area contributed by atoms with Crippen molar-refractivity contribution in [3.63, 3.8) is 0 Å². The molecule has 2 atom stereocenters. The van der Waals surface area contributed by atoms with Crippen molar-refractivity contribution in [3.8, 4) is 0 Å². The first-order valence-electron chi connectivity index (χ1n) is 10.0. The van der Waals surface area contributed by atoms with Gasteiger partial charge in [-0.3, -0.25) is 24.6 Å². The molecule has 1 aliphatic carbocycles. The van der Waals surface area contributed by atoms with Crippen LogP contribution in [0.1, 0.15) is 38.5 Å². The van der Waals surface area contributed by atoms with Crippen LogP contribution in [0.25, 0.3) is 0 Å². The summed E-state index contributed by atoms with van der Waals surface area (Å²) >= 11 is 0. The quantitative estimate of drug-likeness (QED) is 0.348.